The van der Waals surface area contributed by atoms with E-state index in [9.17, 15) is 38.7 Å². The van der Waals surface area contributed by atoms with Crippen LogP contribution in [0.4, 0.5) is 26.0 Å². The molecular formula is C39H52N12O12. The number of phenols is 2. The molecule has 4 rings (SSSR count). The summed E-state index contributed by atoms with van der Waals surface area (Å²) in [4.78, 5) is 94.3. The number of carbonyl (C=O) groups excluding carboxylic acids is 6. The van der Waals surface area contributed by atoms with Gasteiger partial charge in [0.05, 0.1) is 19.8 Å². The number of nitrogen functional groups attached to an aromatic ring is 2. The number of carbonyl (C=O) groups is 6. The van der Waals surface area contributed by atoms with Gasteiger partial charge in [0.2, 0.25) is 0 Å². The van der Waals surface area contributed by atoms with E-state index in [1.54, 1.807) is 32.2 Å². The normalized spacial score (nSPS) is 9.87. The van der Waals surface area contributed by atoms with Crippen LogP contribution < -0.4 is 54.4 Å². The highest BCUT2D eigenvalue weighted by molar-refractivity contribution is 5.83. The van der Waals surface area contributed by atoms with Crippen LogP contribution in [-0.4, -0.2) is 100 Å². The largest absolute Gasteiger partial charge is 0.508 e. The summed E-state index contributed by atoms with van der Waals surface area (Å²) in [6.45, 7) is 4.09. The van der Waals surface area contributed by atoms with Gasteiger partial charge in [0.15, 0.2) is 0 Å². The molecule has 0 aliphatic rings. The van der Waals surface area contributed by atoms with Crippen molar-refractivity contribution < 1.29 is 53.3 Å². The number of aromatic amines is 1. The Bertz CT molecular complexity index is 2120. The van der Waals surface area contributed by atoms with Gasteiger partial charge < -0.3 is 68.0 Å². The maximum absolute atomic E-state index is 11.6. The van der Waals surface area contributed by atoms with Crippen LogP contribution in [-0.2, 0) is 54.8 Å². The number of hydrogen-bond acceptors (Lipinski definition) is 16. The van der Waals surface area contributed by atoms with Crippen LogP contribution in [0.25, 0.3) is 0 Å². The van der Waals surface area contributed by atoms with E-state index < -0.39 is 35.9 Å². The van der Waals surface area contributed by atoms with E-state index in [0.717, 1.165) is 11.1 Å². The van der Waals surface area contributed by atoms with Crippen LogP contribution >= 0.6 is 0 Å². The smallest absolute Gasteiger partial charge is 0.325 e. The monoisotopic (exact) mass is 880 g/mol. The van der Waals surface area contributed by atoms with Crippen molar-refractivity contribution in [2.75, 3.05) is 50.9 Å². The number of pyridine rings is 1. The number of H-pyrrole nitrogens is 1. The topological polar surface area (TPSA) is 365 Å². The average Bonchev–Trinajstić information content (AvgIpc) is 3.24. The van der Waals surface area contributed by atoms with Gasteiger partial charge in [0, 0.05) is 49.9 Å². The Morgan fingerprint density at radius 3 is 1.90 bits per heavy atom. The van der Waals surface area contributed by atoms with Gasteiger partial charge in [-0.15, -0.1) is 0 Å². The van der Waals surface area contributed by atoms with Crippen molar-refractivity contribution in [3.8, 4) is 11.5 Å². The van der Waals surface area contributed by atoms with E-state index in [1.807, 2.05) is 30.3 Å². The Hall–Kier alpha value is -8.15. The molecule has 2 heterocycles. The lowest BCUT2D eigenvalue weighted by Gasteiger charge is -2.08. The SMILES string of the molecule is CCOC(=O)CNC(=O)NCCc1nc(N)cc(=O)[nH]1.CCOC(=O)CNC(=O)NCc1ccc(O)cc1O.Nc1ccc(CNC(=O)NCC(=O)NOCc2ccccc2)cn1. The molecule has 0 spiro atoms. The average molecular weight is 881 g/mol. The highest BCUT2D eigenvalue weighted by Gasteiger charge is 2.09. The fourth-order valence-corrected chi connectivity index (χ4v) is 4.43. The number of esters is 2. The molecule has 0 atom stereocenters. The van der Waals surface area contributed by atoms with Crippen molar-refractivity contribution in [2.24, 2.45) is 0 Å². The van der Waals surface area contributed by atoms with Crippen molar-refractivity contribution in [3.05, 3.63) is 106 Å². The molecule has 4 aromatic rings. The van der Waals surface area contributed by atoms with Gasteiger partial charge in [-0.25, -0.2) is 29.8 Å². The number of hydroxylamine groups is 1. The van der Waals surface area contributed by atoms with E-state index in [0.29, 0.717) is 23.6 Å². The minimum absolute atomic E-state index is 0.0620. The van der Waals surface area contributed by atoms with E-state index in [1.165, 1.54) is 24.3 Å². The second-order valence-corrected chi connectivity index (χ2v) is 12.4. The van der Waals surface area contributed by atoms with E-state index in [4.69, 9.17) is 21.4 Å². The zero-order valence-electron chi connectivity index (χ0n) is 34.5. The molecule has 340 valence electrons. The molecule has 0 saturated carbocycles. The number of nitrogens with two attached hydrogens (primary N) is 2. The van der Waals surface area contributed by atoms with Crippen LogP contribution in [0.3, 0.4) is 0 Å². The van der Waals surface area contributed by atoms with E-state index in [-0.39, 0.29) is 82.0 Å². The number of nitrogens with zero attached hydrogens (tertiary/aromatic N) is 2. The molecule has 0 aliphatic heterocycles. The quantitative estimate of drug-likeness (QED) is 0.0460. The fourth-order valence-electron chi connectivity index (χ4n) is 4.43. The van der Waals surface area contributed by atoms with Gasteiger partial charge in [-0.05, 0) is 43.2 Å². The van der Waals surface area contributed by atoms with Crippen LogP contribution in [0, 0.1) is 0 Å². The number of aromatic nitrogens is 3. The van der Waals surface area contributed by atoms with Crippen LogP contribution in [0.15, 0.2) is 77.7 Å². The summed E-state index contributed by atoms with van der Waals surface area (Å²) >= 11 is 0. The molecule has 63 heavy (non-hydrogen) atoms. The minimum Gasteiger partial charge on any atom is -0.508 e. The van der Waals surface area contributed by atoms with Crippen LogP contribution in [0.2, 0.25) is 0 Å². The zero-order valence-corrected chi connectivity index (χ0v) is 34.5. The van der Waals surface area contributed by atoms with Crippen molar-refractivity contribution in [2.45, 2.75) is 40.0 Å². The third-order valence-corrected chi connectivity index (χ3v) is 7.34. The first-order valence-electron chi connectivity index (χ1n) is 19.0. The molecule has 14 N–H and O–H groups in total. The van der Waals surface area contributed by atoms with Gasteiger partial charge in [-0.3, -0.25) is 24.0 Å². The summed E-state index contributed by atoms with van der Waals surface area (Å²) in [6.07, 6.45) is 1.88. The number of ether oxygens (including phenoxy) is 2. The Morgan fingerprint density at radius 1 is 0.698 bits per heavy atom. The molecule has 24 heteroatoms. The number of rotatable bonds is 18. The van der Waals surface area contributed by atoms with Gasteiger partial charge >= 0.3 is 30.0 Å². The summed E-state index contributed by atoms with van der Waals surface area (Å²) in [5, 5.41) is 33.2. The number of phenolic OH excluding ortho intramolecular Hbond substituents is 2. The Morgan fingerprint density at radius 2 is 1.32 bits per heavy atom. The second-order valence-electron chi connectivity index (χ2n) is 12.4. The molecule has 7 amide bonds. The lowest BCUT2D eigenvalue weighted by Crippen LogP contribution is -2.41. The summed E-state index contributed by atoms with van der Waals surface area (Å²) in [6, 6.07) is 16.5. The fraction of sp³-hybridized carbons (Fsp3) is 0.308. The number of hydrogen-bond donors (Lipinski definition) is 12. The van der Waals surface area contributed by atoms with Crippen molar-refractivity contribution in [1.82, 2.24) is 52.3 Å². The first-order valence-corrected chi connectivity index (χ1v) is 19.0. The highest BCUT2D eigenvalue weighted by atomic mass is 16.6. The molecule has 0 bridgehead atoms. The third-order valence-electron chi connectivity index (χ3n) is 7.34. The van der Waals surface area contributed by atoms with Gasteiger partial charge in [0.25, 0.3) is 11.5 Å². The summed E-state index contributed by atoms with van der Waals surface area (Å²) in [7, 11) is 0. The third kappa shape index (κ3) is 23.9. The molecular weight excluding hydrogens is 829 g/mol. The van der Waals surface area contributed by atoms with Crippen molar-refractivity contribution in [1.29, 1.82) is 0 Å². The van der Waals surface area contributed by atoms with E-state index in [2.05, 4.69) is 61.8 Å². The molecule has 2 aromatic heterocycles. The first kappa shape index (κ1) is 51.0. The standard InChI is InChI=1S/C16H19N5O3.C12H16N2O5.C11H17N5O4/c17-14-7-6-13(8-18-14)9-19-16(23)20-10-15(22)21-24-11-12-4-2-1-3-5-12;1-2-19-11(17)7-14-12(18)13-6-8-3-4-9(15)5-10(8)16;1-2-20-10(18)6-14-11(19)13-4-3-8-15-7(12)5-9(17)16-8/h1-8H,9-11H2,(H2,17,18)(H,21,22)(H2,19,20,23);3-5,15-16H,2,6-7H2,1H3,(H2,13,14,18);5H,2-4,6H2,1H3,(H2,13,14,19)(H3,12,15,16,17). The summed E-state index contributed by atoms with van der Waals surface area (Å²) in [5.74, 6) is -0.755. The van der Waals surface area contributed by atoms with Crippen LogP contribution in [0.5, 0.6) is 11.5 Å². The molecule has 0 aliphatic carbocycles. The predicted octanol–water partition coefficient (Wildman–Crippen LogP) is -0.0720. The lowest BCUT2D eigenvalue weighted by molar-refractivity contribution is -0.142. The lowest BCUT2D eigenvalue weighted by atomic mass is 10.2. The summed E-state index contributed by atoms with van der Waals surface area (Å²) < 4.78 is 9.29. The summed E-state index contributed by atoms with van der Waals surface area (Å²) in [5.41, 5.74) is 15.0. The molecule has 0 fully saturated rings. The number of aromatic hydroxyl groups is 2. The number of benzene rings is 2. The minimum atomic E-state index is -0.555. The van der Waals surface area contributed by atoms with E-state index >= 15 is 0 Å². The maximum Gasteiger partial charge on any atom is 0.325 e. The van der Waals surface area contributed by atoms with Gasteiger partial charge in [-0.2, -0.15) is 0 Å². The molecule has 2 aromatic carbocycles. The van der Waals surface area contributed by atoms with Gasteiger partial charge in [0.1, 0.15) is 48.6 Å². The first-order chi connectivity index (χ1) is 30.2. The molecule has 0 radical (unpaired) electrons. The maximum atomic E-state index is 11.6. The van der Waals surface area contributed by atoms with Crippen molar-refractivity contribution >= 4 is 47.6 Å². The number of anilines is 2. The number of amides is 7. The Labute approximate surface area is 360 Å². The molecule has 0 unspecified atom stereocenters. The number of nitrogens with one attached hydrogen (secondary N) is 8. The van der Waals surface area contributed by atoms with Gasteiger partial charge in [-0.1, -0.05) is 36.4 Å². The molecule has 0 saturated heterocycles. The second kappa shape index (κ2) is 29.1. The zero-order chi connectivity index (χ0) is 46.4. The Balaban J connectivity index is 0.000000328. The molecule has 24 nitrogen and oxygen atoms in total. The predicted molar refractivity (Wildman–Crippen MR) is 226 cm³/mol. The van der Waals surface area contributed by atoms with Crippen molar-refractivity contribution in [3.63, 3.8) is 0 Å². The number of urea groups is 3. The highest BCUT2D eigenvalue weighted by Crippen LogP contribution is 2.22. The van der Waals surface area contributed by atoms with Crippen LogP contribution in [0.1, 0.15) is 36.4 Å². The Kier molecular flexibility index (Phi) is 23.6.